The minimum atomic E-state index is -0.163. The summed E-state index contributed by atoms with van der Waals surface area (Å²) in [6.45, 7) is 1.93. The van der Waals surface area contributed by atoms with E-state index in [2.05, 4.69) is 76.8 Å². The lowest BCUT2D eigenvalue weighted by Crippen LogP contribution is -2.78. The number of methoxy groups -OCH3 is 1. The van der Waals surface area contributed by atoms with Crippen LogP contribution < -0.4 is 15.3 Å². The van der Waals surface area contributed by atoms with Crippen molar-refractivity contribution < 1.29 is 4.74 Å². The maximum absolute atomic E-state index is 5.85. The summed E-state index contributed by atoms with van der Waals surface area (Å²) in [6, 6.07) is 4.78. The Hall–Kier alpha value is -2.69. The van der Waals surface area contributed by atoms with Gasteiger partial charge in [-0.2, -0.15) is 10.1 Å². The van der Waals surface area contributed by atoms with Gasteiger partial charge in [-0.3, -0.25) is 10.1 Å². The van der Waals surface area contributed by atoms with Crippen molar-refractivity contribution in [2.45, 2.75) is 18.0 Å². The number of nitrogens with zero attached hydrogens (tertiary/aromatic N) is 7. The third-order valence-electron chi connectivity index (χ3n) is 6.52. The van der Waals surface area contributed by atoms with Gasteiger partial charge in [0.2, 0.25) is 5.95 Å². The van der Waals surface area contributed by atoms with Crippen LogP contribution in [0.25, 0.3) is 11.1 Å². The van der Waals surface area contributed by atoms with E-state index in [4.69, 9.17) is 4.74 Å². The molecule has 0 aliphatic carbocycles. The fourth-order valence-electron chi connectivity index (χ4n) is 5.41. The Morgan fingerprint density at radius 1 is 1.19 bits per heavy atom. The minimum Gasteiger partial charge on any atom is -0.494 e. The van der Waals surface area contributed by atoms with Crippen LogP contribution in [0.4, 0.5) is 11.6 Å². The molecule has 4 aliphatic heterocycles. The predicted molar refractivity (Wildman–Crippen MR) is 120 cm³/mol. The van der Waals surface area contributed by atoms with Gasteiger partial charge in [0, 0.05) is 50.3 Å². The highest BCUT2D eigenvalue weighted by molar-refractivity contribution is 9.10. The fourth-order valence-corrected chi connectivity index (χ4v) is 5.61. The first-order valence-electron chi connectivity index (χ1n) is 10.2. The van der Waals surface area contributed by atoms with E-state index >= 15 is 0 Å². The number of hydrogen-bond donors (Lipinski definition) is 1. The third-order valence-corrected chi connectivity index (χ3v) is 6.93. The quantitative estimate of drug-likeness (QED) is 0.608. The molecule has 10 heteroatoms. The first kappa shape index (κ1) is 19.0. The zero-order valence-corrected chi connectivity index (χ0v) is 19.2. The van der Waals surface area contributed by atoms with Crippen LogP contribution in [-0.4, -0.2) is 62.9 Å². The van der Waals surface area contributed by atoms with Crippen LogP contribution in [0.15, 0.2) is 41.4 Å². The summed E-state index contributed by atoms with van der Waals surface area (Å²) in [6.07, 6.45) is 8.58. The molecule has 0 saturated carbocycles. The molecule has 3 unspecified atom stereocenters. The molecule has 31 heavy (non-hydrogen) atoms. The molecule has 0 amide bonds. The van der Waals surface area contributed by atoms with Gasteiger partial charge in [-0.15, -0.1) is 0 Å². The molecule has 160 valence electrons. The largest absolute Gasteiger partial charge is 0.494 e. The maximum Gasteiger partial charge on any atom is 0.243 e. The summed E-state index contributed by atoms with van der Waals surface area (Å²) in [5, 5.41) is 8.96. The Morgan fingerprint density at radius 3 is 2.71 bits per heavy atom. The van der Waals surface area contributed by atoms with Gasteiger partial charge in [0.05, 0.1) is 23.3 Å². The number of likely N-dealkylation sites (tertiary alicyclic amines) is 1. The van der Waals surface area contributed by atoms with E-state index in [0.717, 1.165) is 41.0 Å². The Bertz CT molecular complexity index is 1160. The lowest BCUT2D eigenvalue weighted by Gasteiger charge is -2.65. The van der Waals surface area contributed by atoms with Gasteiger partial charge < -0.3 is 9.64 Å². The Morgan fingerprint density at radius 2 is 2.00 bits per heavy atom. The average Bonchev–Trinajstić information content (AvgIpc) is 3.13. The molecule has 2 saturated heterocycles. The van der Waals surface area contributed by atoms with Crippen LogP contribution >= 0.6 is 15.9 Å². The number of aromatic nitrogens is 4. The van der Waals surface area contributed by atoms with Gasteiger partial charge >= 0.3 is 0 Å². The highest BCUT2D eigenvalue weighted by Crippen LogP contribution is 2.57. The van der Waals surface area contributed by atoms with Crippen molar-refractivity contribution in [3.8, 4) is 16.9 Å². The average molecular weight is 483 g/mol. The Kier molecular flexibility index (Phi) is 4.08. The van der Waals surface area contributed by atoms with Gasteiger partial charge in [-0.1, -0.05) is 0 Å². The molecule has 3 aromatic rings. The molecular formula is C21H23BrN8O. The van der Waals surface area contributed by atoms with E-state index in [1.165, 1.54) is 11.1 Å². The molecule has 1 N–H and O–H groups in total. The Labute approximate surface area is 188 Å². The van der Waals surface area contributed by atoms with Crippen LogP contribution in [-0.2, 0) is 12.6 Å². The van der Waals surface area contributed by atoms with E-state index in [1.807, 2.05) is 17.9 Å². The second-order valence-electron chi connectivity index (χ2n) is 8.55. The highest BCUT2D eigenvalue weighted by Gasteiger charge is 2.62. The highest BCUT2D eigenvalue weighted by atomic mass is 79.9. The zero-order chi connectivity index (χ0) is 21.3. The third kappa shape index (κ3) is 2.71. The molecule has 6 heterocycles. The van der Waals surface area contributed by atoms with Crippen molar-refractivity contribution in [1.29, 1.82) is 0 Å². The van der Waals surface area contributed by atoms with Gasteiger partial charge in [-0.25, -0.2) is 15.1 Å². The molecular weight excluding hydrogens is 460 g/mol. The van der Waals surface area contributed by atoms with E-state index in [0.29, 0.717) is 12.0 Å². The smallest absolute Gasteiger partial charge is 0.243 e. The summed E-state index contributed by atoms with van der Waals surface area (Å²) >= 11 is 3.41. The molecule has 7 rings (SSSR count). The van der Waals surface area contributed by atoms with Gasteiger partial charge in [-0.05, 0) is 52.7 Å². The van der Waals surface area contributed by atoms with E-state index < -0.39 is 0 Å². The number of benzene rings is 1. The number of piperazine rings is 1. The number of likely N-dealkylation sites (N-methyl/N-ethyl adjacent to an activating group) is 1. The first-order chi connectivity index (χ1) is 15.0. The first-order valence-corrected chi connectivity index (χ1v) is 11.0. The number of nitrogens with one attached hydrogen (secondary N) is 1. The summed E-state index contributed by atoms with van der Waals surface area (Å²) < 4.78 is 8.53. The van der Waals surface area contributed by atoms with Crippen LogP contribution in [0.3, 0.4) is 0 Å². The monoisotopic (exact) mass is 482 g/mol. The molecule has 4 aliphatic rings. The second-order valence-corrected chi connectivity index (χ2v) is 9.47. The number of fused-ring (bicyclic) bond motifs is 2. The predicted octanol–water partition coefficient (Wildman–Crippen LogP) is 2.63. The fraction of sp³-hybridized carbons (Fsp3) is 0.381. The van der Waals surface area contributed by atoms with Crippen LogP contribution in [0.5, 0.6) is 5.75 Å². The number of rotatable bonds is 4. The molecule has 9 nitrogen and oxygen atoms in total. The van der Waals surface area contributed by atoms with E-state index in [-0.39, 0.29) is 5.54 Å². The number of anilines is 2. The van der Waals surface area contributed by atoms with Crippen molar-refractivity contribution in [3.63, 3.8) is 0 Å². The molecule has 2 aromatic heterocycles. The summed E-state index contributed by atoms with van der Waals surface area (Å²) in [5.41, 5.74) is 7.78. The van der Waals surface area contributed by atoms with Crippen molar-refractivity contribution in [2.24, 2.45) is 7.05 Å². The molecule has 3 atom stereocenters. The summed E-state index contributed by atoms with van der Waals surface area (Å²) in [7, 11) is 5.86. The lowest BCUT2D eigenvalue weighted by molar-refractivity contribution is -0.146. The van der Waals surface area contributed by atoms with Crippen molar-refractivity contribution in [3.05, 3.63) is 47.0 Å². The van der Waals surface area contributed by atoms with Crippen LogP contribution in [0.1, 0.15) is 12.0 Å². The van der Waals surface area contributed by atoms with Crippen molar-refractivity contribution >= 4 is 27.6 Å². The molecule has 0 radical (unpaired) electrons. The topological polar surface area (TPSA) is 74.6 Å². The molecule has 4 bridgehead atoms. The number of halogens is 1. The maximum atomic E-state index is 5.85. The van der Waals surface area contributed by atoms with Gasteiger partial charge in [0.1, 0.15) is 11.4 Å². The van der Waals surface area contributed by atoms with Crippen LogP contribution in [0.2, 0.25) is 0 Å². The molecule has 0 spiro atoms. The minimum absolute atomic E-state index is 0.163. The number of hydrazine groups is 2. The zero-order valence-electron chi connectivity index (χ0n) is 17.6. The summed E-state index contributed by atoms with van der Waals surface area (Å²) in [5.74, 6) is 1.36. The lowest BCUT2D eigenvalue weighted by atomic mass is 9.70. The number of piperidine rings is 1. The molecule has 2 fully saturated rings. The number of hydrogen-bond acceptors (Lipinski definition) is 8. The number of ether oxygens (including phenoxy) is 1. The van der Waals surface area contributed by atoms with Crippen molar-refractivity contribution in [1.82, 2.24) is 29.7 Å². The van der Waals surface area contributed by atoms with Gasteiger partial charge in [0.25, 0.3) is 0 Å². The second kappa shape index (κ2) is 6.65. The van der Waals surface area contributed by atoms with E-state index in [9.17, 15) is 0 Å². The van der Waals surface area contributed by atoms with Crippen LogP contribution in [0, 0.1) is 0 Å². The normalized spacial score (nSPS) is 26.3. The standard InChI is InChI=1S/C21H23BrN8O/c1-27-11-15-6-21(12-27)17-5-19(31-3)18(4-16(17)13-7-25-28(2)10-13)30(29(15)21)26-20-23-8-14(22)9-24-20/h4-5,7-10,15H,6,11-12H2,1-3H3,(H,23,24,26). The SMILES string of the molecule is COc1cc2c(-c3cnn(C)c3)cc1N(Nc1ncc(Br)cn1)N1C3CN(C)CC21C3. The summed E-state index contributed by atoms with van der Waals surface area (Å²) in [4.78, 5) is 11.3. The Balaban J connectivity index is 1.55. The van der Waals surface area contributed by atoms with Crippen molar-refractivity contribution in [2.75, 3.05) is 37.8 Å². The van der Waals surface area contributed by atoms with Gasteiger partial charge in [0.15, 0.2) is 0 Å². The number of aryl methyl sites for hydroxylation is 1. The molecule has 1 aromatic carbocycles. The van der Waals surface area contributed by atoms with E-state index in [1.54, 1.807) is 19.5 Å².